The SMILES string of the molecule is Fc1cccc(-c2noc3c2CN([C@@H]2CCN(Cc4ccccc4)C2)CC3)c1. The molecular formula is C23H24FN3O. The minimum absolute atomic E-state index is 0.241. The molecule has 144 valence electrons. The van der Waals surface area contributed by atoms with Gasteiger partial charge >= 0.3 is 0 Å². The van der Waals surface area contributed by atoms with Crippen LogP contribution in [0.15, 0.2) is 59.1 Å². The predicted octanol–water partition coefficient (Wildman–Crippen LogP) is 4.11. The van der Waals surface area contributed by atoms with Crippen molar-refractivity contribution in [3.63, 3.8) is 0 Å². The predicted molar refractivity (Wildman–Crippen MR) is 106 cm³/mol. The number of rotatable bonds is 4. The summed E-state index contributed by atoms with van der Waals surface area (Å²) in [7, 11) is 0. The molecule has 2 aromatic carbocycles. The average molecular weight is 377 g/mol. The largest absolute Gasteiger partial charge is 0.360 e. The molecule has 0 radical (unpaired) electrons. The lowest BCUT2D eigenvalue weighted by molar-refractivity contribution is 0.167. The fraction of sp³-hybridized carbons (Fsp3) is 0.348. The summed E-state index contributed by atoms with van der Waals surface area (Å²) in [5, 5.41) is 4.26. The van der Waals surface area contributed by atoms with E-state index in [4.69, 9.17) is 4.52 Å². The van der Waals surface area contributed by atoms with Gasteiger partial charge in [-0.05, 0) is 24.1 Å². The van der Waals surface area contributed by atoms with E-state index in [1.807, 2.05) is 6.07 Å². The normalized spacial score (nSPS) is 20.4. The van der Waals surface area contributed by atoms with Crippen LogP contribution >= 0.6 is 0 Å². The Morgan fingerprint density at radius 2 is 1.96 bits per heavy atom. The zero-order valence-corrected chi connectivity index (χ0v) is 15.9. The Morgan fingerprint density at radius 1 is 1.07 bits per heavy atom. The molecule has 3 heterocycles. The van der Waals surface area contributed by atoms with Gasteiger partial charge in [0, 0.05) is 56.3 Å². The Hall–Kier alpha value is -2.50. The fourth-order valence-corrected chi connectivity index (χ4v) is 4.50. The van der Waals surface area contributed by atoms with Crippen molar-refractivity contribution in [3.05, 3.63) is 77.3 Å². The molecule has 3 aromatic rings. The van der Waals surface area contributed by atoms with Gasteiger partial charge in [-0.1, -0.05) is 47.6 Å². The molecule has 2 aliphatic heterocycles. The van der Waals surface area contributed by atoms with E-state index in [1.165, 1.54) is 24.1 Å². The first-order chi connectivity index (χ1) is 13.8. The van der Waals surface area contributed by atoms with Crippen molar-refractivity contribution in [2.24, 2.45) is 0 Å². The van der Waals surface area contributed by atoms with Gasteiger partial charge in [0.05, 0.1) is 0 Å². The highest BCUT2D eigenvalue weighted by Crippen LogP contribution is 2.32. The van der Waals surface area contributed by atoms with E-state index in [0.717, 1.165) is 61.7 Å². The van der Waals surface area contributed by atoms with Gasteiger partial charge in [0.15, 0.2) is 0 Å². The van der Waals surface area contributed by atoms with Crippen molar-refractivity contribution in [1.29, 1.82) is 0 Å². The number of benzene rings is 2. The lowest BCUT2D eigenvalue weighted by Gasteiger charge is -2.31. The van der Waals surface area contributed by atoms with Crippen LogP contribution in [0.3, 0.4) is 0 Å². The van der Waals surface area contributed by atoms with Gasteiger partial charge in [0.25, 0.3) is 0 Å². The van der Waals surface area contributed by atoms with Crippen LogP contribution in [0.1, 0.15) is 23.3 Å². The highest BCUT2D eigenvalue weighted by molar-refractivity contribution is 5.63. The van der Waals surface area contributed by atoms with E-state index >= 15 is 0 Å². The van der Waals surface area contributed by atoms with E-state index in [1.54, 1.807) is 6.07 Å². The summed E-state index contributed by atoms with van der Waals surface area (Å²) in [6, 6.07) is 17.8. The third-order valence-corrected chi connectivity index (χ3v) is 5.97. The molecule has 1 saturated heterocycles. The second-order valence-corrected chi connectivity index (χ2v) is 7.83. The molecule has 5 heteroatoms. The molecule has 1 aromatic heterocycles. The third-order valence-electron chi connectivity index (χ3n) is 5.97. The van der Waals surface area contributed by atoms with Crippen LogP contribution < -0.4 is 0 Å². The number of halogens is 1. The number of nitrogens with zero attached hydrogens (tertiary/aromatic N) is 3. The van der Waals surface area contributed by atoms with Crippen LogP contribution in [0.4, 0.5) is 4.39 Å². The molecule has 1 fully saturated rings. The molecule has 0 N–H and O–H groups in total. The van der Waals surface area contributed by atoms with Crippen LogP contribution in [0.5, 0.6) is 0 Å². The lowest BCUT2D eigenvalue weighted by atomic mass is 10.00. The van der Waals surface area contributed by atoms with Crippen molar-refractivity contribution in [2.45, 2.75) is 32.0 Å². The molecule has 2 aliphatic rings. The first-order valence-corrected chi connectivity index (χ1v) is 10.00. The maximum absolute atomic E-state index is 13.7. The highest BCUT2D eigenvalue weighted by Gasteiger charge is 2.32. The topological polar surface area (TPSA) is 32.5 Å². The maximum Gasteiger partial charge on any atom is 0.143 e. The first-order valence-electron chi connectivity index (χ1n) is 10.00. The molecule has 0 aliphatic carbocycles. The van der Waals surface area contributed by atoms with E-state index in [9.17, 15) is 4.39 Å². The molecule has 0 spiro atoms. The summed E-state index contributed by atoms with van der Waals surface area (Å²) in [4.78, 5) is 5.09. The number of hydrogen-bond donors (Lipinski definition) is 0. The molecule has 0 unspecified atom stereocenters. The summed E-state index contributed by atoms with van der Waals surface area (Å²) >= 11 is 0. The Bertz CT molecular complexity index is 955. The summed E-state index contributed by atoms with van der Waals surface area (Å²) in [5.41, 5.74) is 4.08. The number of likely N-dealkylation sites (tertiary alicyclic amines) is 1. The Morgan fingerprint density at radius 3 is 2.82 bits per heavy atom. The maximum atomic E-state index is 13.7. The van der Waals surface area contributed by atoms with Crippen LogP contribution in [0.25, 0.3) is 11.3 Å². The molecular weight excluding hydrogens is 353 g/mol. The highest BCUT2D eigenvalue weighted by atomic mass is 19.1. The number of hydrogen-bond acceptors (Lipinski definition) is 4. The van der Waals surface area contributed by atoms with Crippen LogP contribution in [0, 0.1) is 5.82 Å². The first kappa shape index (κ1) is 17.6. The van der Waals surface area contributed by atoms with Gasteiger partial charge in [0.2, 0.25) is 0 Å². The minimum Gasteiger partial charge on any atom is -0.360 e. The fourth-order valence-electron chi connectivity index (χ4n) is 4.50. The number of fused-ring (bicyclic) bond motifs is 1. The summed E-state index contributed by atoms with van der Waals surface area (Å²) in [6.45, 7) is 5.05. The Kier molecular flexibility index (Phi) is 4.71. The quantitative estimate of drug-likeness (QED) is 0.685. The third kappa shape index (κ3) is 3.48. The molecule has 0 amide bonds. The van der Waals surface area contributed by atoms with Gasteiger partial charge in [-0.2, -0.15) is 0 Å². The zero-order chi connectivity index (χ0) is 18.9. The minimum atomic E-state index is -0.241. The second kappa shape index (κ2) is 7.49. The van der Waals surface area contributed by atoms with Crippen LogP contribution in [0.2, 0.25) is 0 Å². The summed E-state index contributed by atoms with van der Waals surface area (Å²) in [6.07, 6.45) is 2.05. The van der Waals surface area contributed by atoms with Crippen molar-refractivity contribution in [3.8, 4) is 11.3 Å². The molecule has 4 nitrogen and oxygen atoms in total. The summed E-state index contributed by atoms with van der Waals surface area (Å²) in [5.74, 6) is 0.712. The Labute approximate surface area is 164 Å². The monoisotopic (exact) mass is 377 g/mol. The molecule has 0 saturated carbocycles. The molecule has 1 atom stereocenters. The molecule has 5 rings (SSSR count). The molecule has 0 bridgehead atoms. The lowest BCUT2D eigenvalue weighted by Crippen LogP contribution is -2.40. The van der Waals surface area contributed by atoms with Crippen molar-refractivity contribution in [2.75, 3.05) is 19.6 Å². The summed E-state index contributed by atoms with van der Waals surface area (Å²) < 4.78 is 19.2. The van der Waals surface area contributed by atoms with Crippen molar-refractivity contribution in [1.82, 2.24) is 15.0 Å². The van der Waals surface area contributed by atoms with Gasteiger partial charge in [-0.25, -0.2) is 4.39 Å². The van der Waals surface area contributed by atoms with Gasteiger partial charge in [0.1, 0.15) is 17.3 Å². The van der Waals surface area contributed by atoms with E-state index in [2.05, 4.69) is 45.3 Å². The van der Waals surface area contributed by atoms with E-state index in [0.29, 0.717) is 6.04 Å². The van der Waals surface area contributed by atoms with Gasteiger partial charge in [-0.15, -0.1) is 0 Å². The Balaban J connectivity index is 1.29. The van der Waals surface area contributed by atoms with Crippen molar-refractivity contribution < 1.29 is 8.91 Å². The van der Waals surface area contributed by atoms with Gasteiger partial charge in [-0.3, -0.25) is 9.80 Å². The molecule has 28 heavy (non-hydrogen) atoms. The smallest absolute Gasteiger partial charge is 0.143 e. The second-order valence-electron chi connectivity index (χ2n) is 7.83. The zero-order valence-electron chi connectivity index (χ0n) is 15.9. The van der Waals surface area contributed by atoms with Crippen LogP contribution in [-0.2, 0) is 19.5 Å². The van der Waals surface area contributed by atoms with Crippen LogP contribution in [-0.4, -0.2) is 40.6 Å². The van der Waals surface area contributed by atoms with Gasteiger partial charge < -0.3 is 4.52 Å². The van der Waals surface area contributed by atoms with E-state index < -0.39 is 0 Å². The number of aromatic nitrogens is 1. The van der Waals surface area contributed by atoms with E-state index in [-0.39, 0.29) is 5.82 Å². The average Bonchev–Trinajstić information content (AvgIpc) is 3.35. The van der Waals surface area contributed by atoms with Crippen molar-refractivity contribution >= 4 is 0 Å². The standard InChI is InChI=1S/C23H24FN3O/c24-19-8-4-7-18(13-19)23-21-16-27(12-10-22(21)28-25-23)20-9-11-26(15-20)14-17-5-2-1-3-6-17/h1-8,13,20H,9-12,14-16H2/t20-/m1/s1.